The summed E-state index contributed by atoms with van der Waals surface area (Å²) in [5, 5.41) is 4.31. The fourth-order valence-electron chi connectivity index (χ4n) is 5.31. The summed E-state index contributed by atoms with van der Waals surface area (Å²) in [7, 11) is 0. The van der Waals surface area contributed by atoms with Gasteiger partial charge in [-0.3, -0.25) is 19.1 Å². The third-order valence-corrected chi connectivity index (χ3v) is 6.94. The molecule has 2 aliphatic heterocycles. The van der Waals surface area contributed by atoms with E-state index in [0.29, 0.717) is 24.9 Å². The molecular formula is C27H25F2N3O5. The van der Waals surface area contributed by atoms with Crippen LogP contribution in [0.2, 0.25) is 0 Å². The number of benzene rings is 2. The SMILES string of the molecule is CCC(=O)OCOc1c2n(ncc1=O)[C@@H]([C@H](c1ccccc1)c1cccc(F)c1F)[C@H]1CCCN1C2=O. The molecule has 1 aromatic heterocycles. The predicted molar refractivity (Wildman–Crippen MR) is 128 cm³/mol. The van der Waals surface area contributed by atoms with Crippen molar-refractivity contribution in [1.82, 2.24) is 14.7 Å². The molecular weight excluding hydrogens is 484 g/mol. The Morgan fingerprint density at radius 3 is 2.68 bits per heavy atom. The summed E-state index contributed by atoms with van der Waals surface area (Å²) in [5.74, 6) is -3.99. The topological polar surface area (TPSA) is 90.7 Å². The summed E-state index contributed by atoms with van der Waals surface area (Å²) < 4.78 is 41.6. The average Bonchev–Trinajstić information content (AvgIpc) is 3.40. The Bertz CT molecular complexity index is 1390. The fourth-order valence-corrected chi connectivity index (χ4v) is 5.31. The third-order valence-electron chi connectivity index (χ3n) is 6.94. The van der Waals surface area contributed by atoms with Gasteiger partial charge in [-0.15, -0.1) is 0 Å². The van der Waals surface area contributed by atoms with Crippen molar-refractivity contribution >= 4 is 11.9 Å². The number of amides is 1. The highest BCUT2D eigenvalue weighted by atomic mass is 19.2. The first kappa shape index (κ1) is 24.6. The molecule has 2 aromatic carbocycles. The van der Waals surface area contributed by atoms with Crippen LogP contribution in [0.25, 0.3) is 0 Å². The molecule has 3 heterocycles. The van der Waals surface area contributed by atoms with Gasteiger partial charge in [0, 0.05) is 24.4 Å². The first-order valence-corrected chi connectivity index (χ1v) is 12.1. The van der Waals surface area contributed by atoms with Crippen LogP contribution < -0.4 is 10.2 Å². The van der Waals surface area contributed by atoms with Crippen LogP contribution in [0.1, 0.15) is 59.8 Å². The Kier molecular flexibility index (Phi) is 6.73. The lowest BCUT2D eigenvalue weighted by molar-refractivity contribution is -0.149. The predicted octanol–water partition coefficient (Wildman–Crippen LogP) is 3.80. The lowest BCUT2D eigenvalue weighted by Crippen LogP contribution is -2.51. The number of aromatic nitrogens is 2. The third kappa shape index (κ3) is 4.36. The highest BCUT2D eigenvalue weighted by molar-refractivity contribution is 5.96. The summed E-state index contributed by atoms with van der Waals surface area (Å²) in [4.78, 5) is 39.6. The van der Waals surface area contributed by atoms with Crippen molar-refractivity contribution in [3.05, 3.63) is 93.4 Å². The van der Waals surface area contributed by atoms with E-state index in [9.17, 15) is 18.8 Å². The molecule has 0 radical (unpaired) electrons. The molecule has 0 N–H and O–H groups in total. The number of carbonyl (C=O) groups is 2. The van der Waals surface area contributed by atoms with Gasteiger partial charge in [0.25, 0.3) is 5.91 Å². The van der Waals surface area contributed by atoms with Gasteiger partial charge in [0.05, 0.1) is 18.3 Å². The Morgan fingerprint density at radius 1 is 1.14 bits per heavy atom. The molecule has 1 fully saturated rings. The van der Waals surface area contributed by atoms with Crippen molar-refractivity contribution in [3.8, 4) is 5.75 Å². The molecule has 0 aliphatic carbocycles. The van der Waals surface area contributed by atoms with Crippen molar-refractivity contribution < 1.29 is 27.8 Å². The van der Waals surface area contributed by atoms with Gasteiger partial charge in [-0.1, -0.05) is 49.4 Å². The van der Waals surface area contributed by atoms with Crippen LogP contribution in [0.15, 0.2) is 59.5 Å². The molecule has 0 spiro atoms. The molecule has 37 heavy (non-hydrogen) atoms. The molecule has 8 nitrogen and oxygen atoms in total. The van der Waals surface area contributed by atoms with E-state index < -0.39 is 47.7 Å². The minimum Gasteiger partial charge on any atom is -0.451 e. The van der Waals surface area contributed by atoms with E-state index in [-0.39, 0.29) is 29.5 Å². The minimum absolute atomic E-state index is 0.110. The molecule has 10 heteroatoms. The quantitative estimate of drug-likeness (QED) is 0.356. The number of hydrogen-bond donors (Lipinski definition) is 0. The second-order valence-electron chi connectivity index (χ2n) is 8.99. The van der Waals surface area contributed by atoms with Crippen LogP contribution >= 0.6 is 0 Å². The molecule has 0 bridgehead atoms. The van der Waals surface area contributed by atoms with E-state index in [4.69, 9.17) is 9.47 Å². The lowest BCUT2D eigenvalue weighted by Gasteiger charge is -2.42. The second-order valence-corrected chi connectivity index (χ2v) is 8.99. The van der Waals surface area contributed by atoms with Gasteiger partial charge < -0.3 is 14.4 Å². The highest BCUT2D eigenvalue weighted by Gasteiger charge is 2.48. The van der Waals surface area contributed by atoms with Crippen molar-refractivity contribution in [2.45, 2.75) is 44.2 Å². The van der Waals surface area contributed by atoms with E-state index in [1.807, 2.05) is 18.2 Å². The normalized spacial score (nSPS) is 19.2. The Morgan fingerprint density at radius 2 is 1.92 bits per heavy atom. The maximum absolute atomic E-state index is 15.3. The van der Waals surface area contributed by atoms with Crippen molar-refractivity contribution in [3.63, 3.8) is 0 Å². The van der Waals surface area contributed by atoms with E-state index in [0.717, 1.165) is 12.3 Å². The fraction of sp³-hybridized carbons (Fsp3) is 0.333. The van der Waals surface area contributed by atoms with E-state index in [2.05, 4.69) is 5.10 Å². The summed E-state index contributed by atoms with van der Waals surface area (Å²) in [6, 6.07) is 12.0. The lowest BCUT2D eigenvalue weighted by atomic mass is 9.79. The standard InChI is InChI=1S/C27H25F2N3O5/c1-2-21(34)36-15-37-26-20(33)14-30-32-24(19-12-7-13-31(19)27(35)25(26)32)22(16-8-4-3-5-9-16)17-10-6-11-18(28)23(17)29/h3-6,8-11,14,19,22,24H,2,7,12-13,15H2,1H3/t19-,22-,24-/m1/s1. The molecule has 0 saturated carbocycles. The molecule has 3 atom stereocenters. The molecule has 5 rings (SSSR count). The zero-order chi connectivity index (χ0) is 26.1. The second kappa shape index (κ2) is 10.1. The minimum atomic E-state index is -0.983. The first-order valence-electron chi connectivity index (χ1n) is 12.1. The maximum Gasteiger partial charge on any atom is 0.308 e. The van der Waals surface area contributed by atoms with Crippen LogP contribution in [0, 0.1) is 11.6 Å². The average molecular weight is 510 g/mol. The largest absolute Gasteiger partial charge is 0.451 e. The number of halogens is 2. The van der Waals surface area contributed by atoms with Crippen LogP contribution in [-0.2, 0) is 9.53 Å². The van der Waals surface area contributed by atoms with Crippen LogP contribution in [-0.4, -0.2) is 45.9 Å². The highest BCUT2D eigenvalue weighted by Crippen LogP contribution is 2.46. The van der Waals surface area contributed by atoms with Crippen LogP contribution in [0.5, 0.6) is 5.75 Å². The number of ether oxygens (including phenoxy) is 2. The molecule has 2 aliphatic rings. The Labute approximate surface area is 211 Å². The van der Waals surface area contributed by atoms with E-state index in [1.165, 1.54) is 16.8 Å². The van der Waals surface area contributed by atoms with Crippen molar-refractivity contribution in [2.24, 2.45) is 0 Å². The van der Waals surface area contributed by atoms with Gasteiger partial charge >= 0.3 is 5.97 Å². The Balaban J connectivity index is 1.70. The zero-order valence-electron chi connectivity index (χ0n) is 20.1. The van der Waals surface area contributed by atoms with Crippen molar-refractivity contribution in [1.29, 1.82) is 0 Å². The van der Waals surface area contributed by atoms with E-state index in [1.54, 1.807) is 24.0 Å². The monoisotopic (exact) mass is 509 g/mol. The van der Waals surface area contributed by atoms with Crippen molar-refractivity contribution in [2.75, 3.05) is 13.3 Å². The number of nitrogens with zero attached hydrogens (tertiary/aromatic N) is 3. The van der Waals surface area contributed by atoms with Crippen LogP contribution in [0.3, 0.4) is 0 Å². The Hall–Kier alpha value is -4.08. The first-order chi connectivity index (χ1) is 17.9. The summed E-state index contributed by atoms with van der Waals surface area (Å²) in [5.41, 5.74) is 0.0462. The number of carbonyl (C=O) groups excluding carboxylic acids is 2. The summed E-state index contributed by atoms with van der Waals surface area (Å²) >= 11 is 0. The summed E-state index contributed by atoms with van der Waals surface area (Å²) in [6.07, 6.45) is 2.46. The van der Waals surface area contributed by atoms with Gasteiger partial charge in [0.2, 0.25) is 18.0 Å². The summed E-state index contributed by atoms with van der Waals surface area (Å²) in [6.45, 7) is 1.49. The zero-order valence-corrected chi connectivity index (χ0v) is 20.1. The number of fused-ring (bicyclic) bond motifs is 2. The molecule has 1 saturated heterocycles. The smallest absolute Gasteiger partial charge is 0.308 e. The molecule has 0 unspecified atom stereocenters. The van der Waals surface area contributed by atoms with Crippen LogP contribution in [0.4, 0.5) is 8.78 Å². The number of hydrogen-bond acceptors (Lipinski definition) is 6. The number of esters is 1. The van der Waals surface area contributed by atoms with Gasteiger partial charge in [0.15, 0.2) is 17.3 Å². The van der Waals surface area contributed by atoms with E-state index >= 15 is 4.39 Å². The van der Waals surface area contributed by atoms with Gasteiger partial charge in [-0.25, -0.2) is 8.78 Å². The van der Waals surface area contributed by atoms with Gasteiger partial charge in [0.1, 0.15) is 0 Å². The molecule has 1 amide bonds. The molecule has 3 aromatic rings. The number of rotatable bonds is 7. The molecule has 192 valence electrons. The van der Waals surface area contributed by atoms with Gasteiger partial charge in [-0.2, -0.15) is 5.10 Å². The van der Waals surface area contributed by atoms with Gasteiger partial charge in [-0.05, 0) is 24.5 Å². The maximum atomic E-state index is 15.3.